The van der Waals surface area contributed by atoms with E-state index in [4.69, 9.17) is 10.6 Å². The lowest BCUT2D eigenvalue weighted by molar-refractivity contribution is 0.0105. The number of hydrogen-bond acceptors (Lipinski definition) is 4. The van der Waals surface area contributed by atoms with E-state index in [1.54, 1.807) is 7.11 Å². The number of nitrogens with one attached hydrogen (secondary N) is 1. The Hall–Kier alpha value is 0.230. The Morgan fingerprint density at radius 1 is 1.60 bits per heavy atom. The number of hydrogen-bond donors (Lipinski definition) is 2. The monoisotopic (exact) mass is 232 g/mol. The van der Waals surface area contributed by atoms with Gasteiger partial charge in [0.25, 0.3) is 0 Å². The van der Waals surface area contributed by atoms with E-state index in [9.17, 15) is 0 Å². The van der Waals surface area contributed by atoms with Crippen molar-refractivity contribution in [2.45, 2.75) is 44.8 Å². The smallest absolute Gasteiger partial charge is 0.0623 e. The molecule has 1 fully saturated rings. The van der Waals surface area contributed by atoms with Gasteiger partial charge in [-0.15, -0.1) is 0 Å². The van der Waals surface area contributed by atoms with Crippen LogP contribution in [0.2, 0.25) is 0 Å². The molecule has 0 spiro atoms. The van der Waals surface area contributed by atoms with Gasteiger partial charge in [-0.1, -0.05) is 0 Å². The summed E-state index contributed by atoms with van der Waals surface area (Å²) in [7, 11) is 1.77. The van der Waals surface area contributed by atoms with Crippen LogP contribution in [0.15, 0.2) is 0 Å². The maximum Gasteiger partial charge on any atom is 0.0623 e. The summed E-state index contributed by atoms with van der Waals surface area (Å²) in [6.07, 6.45) is 3.45. The topological polar surface area (TPSA) is 47.3 Å². The van der Waals surface area contributed by atoms with E-state index in [2.05, 4.69) is 19.3 Å². The van der Waals surface area contributed by atoms with Crippen molar-refractivity contribution in [2.75, 3.05) is 18.6 Å². The number of ether oxygens (including phenoxy) is 1. The first-order valence-corrected chi connectivity index (χ1v) is 6.83. The minimum atomic E-state index is -0.0269. The van der Waals surface area contributed by atoms with Crippen LogP contribution in [-0.4, -0.2) is 30.3 Å². The number of methoxy groups -OCH3 is 1. The predicted molar refractivity (Wildman–Crippen MR) is 66.9 cm³/mol. The fourth-order valence-electron chi connectivity index (χ4n) is 1.93. The van der Waals surface area contributed by atoms with Gasteiger partial charge in [-0.25, -0.2) is 0 Å². The van der Waals surface area contributed by atoms with Crippen molar-refractivity contribution in [1.82, 2.24) is 5.43 Å². The van der Waals surface area contributed by atoms with Crippen molar-refractivity contribution >= 4 is 11.8 Å². The van der Waals surface area contributed by atoms with Crippen LogP contribution in [0.4, 0.5) is 0 Å². The third-order valence-electron chi connectivity index (χ3n) is 3.36. The SMILES string of the molecule is COC(C)(C)CCC(NN)C1CCSC1. The molecule has 15 heavy (non-hydrogen) atoms. The van der Waals surface area contributed by atoms with Crippen LogP contribution in [-0.2, 0) is 4.74 Å². The summed E-state index contributed by atoms with van der Waals surface area (Å²) < 4.78 is 5.42. The highest BCUT2D eigenvalue weighted by molar-refractivity contribution is 7.99. The molecular weight excluding hydrogens is 208 g/mol. The van der Waals surface area contributed by atoms with Gasteiger partial charge >= 0.3 is 0 Å². The summed E-state index contributed by atoms with van der Waals surface area (Å²) in [5.74, 6) is 8.91. The molecule has 0 saturated carbocycles. The largest absolute Gasteiger partial charge is 0.379 e. The Morgan fingerprint density at radius 3 is 2.80 bits per heavy atom. The lowest BCUT2D eigenvalue weighted by Gasteiger charge is -2.28. The zero-order chi connectivity index (χ0) is 11.3. The van der Waals surface area contributed by atoms with Gasteiger partial charge in [0.1, 0.15) is 0 Å². The number of nitrogens with two attached hydrogens (primary N) is 1. The fourth-order valence-corrected chi connectivity index (χ4v) is 3.27. The van der Waals surface area contributed by atoms with Gasteiger partial charge in [0.15, 0.2) is 0 Å². The van der Waals surface area contributed by atoms with Gasteiger partial charge in [-0.05, 0) is 50.5 Å². The molecule has 0 aliphatic carbocycles. The average Bonchev–Trinajstić information content (AvgIpc) is 2.72. The van der Waals surface area contributed by atoms with Crippen molar-refractivity contribution in [3.63, 3.8) is 0 Å². The van der Waals surface area contributed by atoms with Gasteiger partial charge in [-0.3, -0.25) is 11.3 Å². The van der Waals surface area contributed by atoms with E-state index in [1.807, 2.05) is 11.8 Å². The summed E-state index contributed by atoms with van der Waals surface area (Å²) >= 11 is 2.04. The molecule has 3 N–H and O–H groups in total. The highest BCUT2D eigenvalue weighted by Gasteiger charge is 2.26. The minimum absolute atomic E-state index is 0.0269. The Balaban J connectivity index is 2.33. The summed E-state index contributed by atoms with van der Waals surface area (Å²) in [4.78, 5) is 0. The zero-order valence-electron chi connectivity index (χ0n) is 10.1. The van der Waals surface area contributed by atoms with Crippen molar-refractivity contribution in [3.8, 4) is 0 Å². The number of hydrazine groups is 1. The second-order valence-electron chi connectivity index (χ2n) is 4.90. The van der Waals surface area contributed by atoms with Gasteiger partial charge in [-0.2, -0.15) is 11.8 Å². The molecule has 0 aromatic rings. The van der Waals surface area contributed by atoms with Gasteiger partial charge in [0.2, 0.25) is 0 Å². The van der Waals surface area contributed by atoms with Gasteiger partial charge in [0, 0.05) is 13.2 Å². The van der Waals surface area contributed by atoms with Crippen molar-refractivity contribution in [1.29, 1.82) is 0 Å². The molecule has 4 heteroatoms. The quantitative estimate of drug-likeness (QED) is 0.541. The lowest BCUT2D eigenvalue weighted by atomic mass is 9.91. The molecule has 1 aliphatic heterocycles. The van der Waals surface area contributed by atoms with Gasteiger partial charge in [0.05, 0.1) is 5.60 Å². The summed E-state index contributed by atoms with van der Waals surface area (Å²) in [5, 5.41) is 0. The predicted octanol–water partition coefficient (Wildman–Crippen LogP) is 1.78. The van der Waals surface area contributed by atoms with Crippen LogP contribution in [0.5, 0.6) is 0 Å². The van der Waals surface area contributed by atoms with E-state index < -0.39 is 0 Å². The number of rotatable bonds is 6. The normalized spacial score (nSPS) is 24.4. The third-order valence-corrected chi connectivity index (χ3v) is 4.55. The molecule has 1 heterocycles. The molecule has 2 atom stereocenters. The van der Waals surface area contributed by atoms with E-state index in [0.717, 1.165) is 18.8 Å². The zero-order valence-corrected chi connectivity index (χ0v) is 10.9. The average molecular weight is 232 g/mol. The molecule has 3 nitrogen and oxygen atoms in total. The van der Waals surface area contributed by atoms with Crippen LogP contribution >= 0.6 is 11.8 Å². The Morgan fingerprint density at radius 2 is 2.33 bits per heavy atom. The first-order chi connectivity index (χ1) is 7.09. The lowest BCUT2D eigenvalue weighted by Crippen LogP contribution is -2.42. The highest BCUT2D eigenvalue weighted by Crippen LogP contribution is 2.29. The molecule has 0 radical (unpaired) electrons. The Labute approximate surface area is 97.5 Å². The van der Waals surface area contributed by atoms with Crippen molar-refractivity contribution in [3.05, 3.63) is 0 Å². The van der Waals surface area contributed by atoms with E-state index in [0.29, 0.717) is 6.04 Å². The van der Waals surface area contributed by atoms with E-state index in [-0.39, 0.29) is 5.60 Å². The molecule has 0 amide bonds. The molecule has 1 rings (SSSR count). The highest BCUT2D eigenvalue weighted by atomic mass is 32.2. The summed E-state index contributed by atoms with van der Waals surface area (Å²) in [6.45, 7) is 4.26. The fraction of sp³-hybridized carbons (Fsp3) is 1.00. The maximum absolute atomic E-state index is 5.62. The third kappa shape index (κ3) is 4.31. The molecule has 0 bridgehead atoms. The van der Waals surface area contributed by atoms with Crippen LogP contribution in [0.25, 0.3) is 0 Å². The molecule has 0 aromatic heterocycles. The first-order valence-electron chi connectivity index (χ1n) is 5.68. The van der Waals surface area contributed by atoms with E-state index >= 15 is 0 Å². The Kier molecular flexibility index (Phi) is 5.39. The molecule has 1 aliphatic rings. The Bertz CT molecular complexity index is 181. The van der Waals surface area contributed by atoms with Crippen LogP contribution < -0.4 is 11.3 Å². The molecular formula is C11H24N2OS. The summed E-state index contributed by atoms with van der Waals surface area (Å²) in [5.41, 5.74) is 2.94. The molecule has 1 saturated heterocycles. The minimum Gasteiger partial charge on any atom is -0.379 e. The van der Waals surface area contributed by atoms with Crippen LogP contribution in [0.3, 0.4) is 0 Å². The molecule has 2 unspecified atom stereocenters. The molecule has 0 aromatic carbocycles. The second-order valence-corrected chi connectivity index (χ2v) is 6.05. The summed E-state index contributed by atoms with van der Waals surface area (Å²) in [6, 6.07) is 0.453. The number of thioether (sulfide) groups is 1. The van der Waals surface area contributed by atoms with E-state index in [1.165, 1.54) is 17.9 Å². The standard InChI is InChI=1S/C11H24N2OS/c1-11(2,14-3)6-4-10(13-12)9-5-7-15-8-9/h9-10,13H,4-8,12H2,1-3H3. The molecule has 90 valence electrons. The van der Waals surface area contributed by atoms with Crippen molar-refractivity contribution < 1.29 is 4.74 Å². The maximum atomic E-state index is 5.62. The van der Waals surface area contributed by atoms with Gasteiger partial charge < -0.3 is 4.74 Å². The van der Waals surface area contributed by atoms with Crippen molar-refractivity contribution in [2.24, 2.45) is 11.8 Å². The second kappa shape index (κ2) is 6.09. The first kappa shape index (κ1) is 13.3. The van der Waals surface area contributed by atoms with Crippen LogP contribution in [0, 0.1) is 5.92 Å². The van der Waals surface area contributed by atoms with Crippen LogP contribution in [0.1, 0.15) is 33.1 Å².